The van der Waals surface area contributed by atoms with Crippen molar-refractivity contribution in [2.75, 3.05) is 36.4 Å². The molecule has 1 aromatic heterocycles. The lowest BCUT2D eigenvalue weighted by Gasteiger charge is -2.35. The van der Waals surface area contributed by atoms with Gasteiger partial charge in [-0.05, 0) is 38.1 Å². The molecule has 1 fully saturated rings. The normalized spacial score (nSPS) is 14.1. The lowest BCUT2D eigenvalue weighted by Crippen LogP contribution is -2.49. The number of hydrogen-bond acceptors (Lipinski definition) is 6. The molecule has 1 amide bonds. The third-order valence-electron chi connectivity index (χ3n) is 5.38. The van der Waals surface area contributed by atoms with Crippen LogP contribution in [0.15, 0.2) is 54.6 Å². The molecule has 178 valence electrons. The number of carbonyl (C=O) groups excluding carboxylic acids is 1. The third kappa shape index (κ3) is 5.75. The number of nitrogens with zero attached hydrogens (tertiary/aromatic N) is 4. The highest BCUT2D eigenvalue weighted by molar-refractivity contribution is 5.97. The van der Waals surface area contributed by atoms with Gasteiger partial charge in [-0.25, -0.2) is 9.97 Å². The summed E-state index contributed by atoms with van der Waals surface area (Å²) in [5.41, 5.74) is 1.95. The van der Waals surface area contributed by atoms with E-state index in [2.05, 4.69) is 20.0 Å². The molecule has 3 aromatic rings. The van der Waals surface area contributed by atoms with E-state index < -0.39 is 18.0 Å². The lowest BCUT2D eigenvalue weighted by molar-refractivity contribution is -0.274. The van der Waals surface area contributed by atoms with Gasteiger partial charge in [-0.15, -0.1) is 13.2 Å². The molecule has 1 aliphatic rings. The quantitative estimate of drug-likeness (QED) is 0.582. The second-order valence-electron chi connectivity index (χ2n) is 7.97. The summed E-state index contributed by atoms with van der Waals surface area (Å²) in [5.74, 6) is 0.975. The van der Waals surface area contributed by atoms with E-state index in [-0.39, 0.29) is 5.56 Å². The first kappa shape index (κ1) is 23.3. The standard InChI is InChI=1S/C24H24F3N5O2/c1-16-7-9-18(10-8-16)30-21-15-22(29-17(2)28-21)31-11-13-32(14-12-31)23(33)19-5-3-4-6-20(19)34-24(25,26)27/h3-10,15H,11-14H2,1-2H3,(H,28,29,30). The number of anilines is 3. The number of halogens is 3. The zero-order valence-corrected chi connectivity index (χ0v) is 18.8. The minimum absolute atomic E-state index is 0.115. The van der Waals surface area contributed by atoms with Crippen LogP contribution in [-0.4, -0.2) is 53.3 Å². The van der Waals surface area contributed by atoms with Crippen LogP contribution in [0.1, 0.15) is 21.7 Å². The number of amides is 1. The highest BCUT2D eigenvalue weighted by atomic mass is 19.4. The average Bonchev–Trinajstić information content (AvgIpc) is 2.79. The summed E-state index contributed by atoms with van der Waals surface area (Å²) in [4.78, 5) is 25.4. The summed E-state index contributed by atoms with van der Waals surface area (Å²) >= 11 is 0. The van der Waals surface area contributed by atoms with Crippen molar-refractivity contribution in [2.24, 2.45) is 0 Å². The van der Waals surface area contributed by atoms with Gasteiger partial charge in [-0.2, -0.15) is 0 Å². The highest BCUT2D eigenvalue weighted by Gasteiger charge is 2.34. The van der Waals surface area contributed by atoms with E-state index in [1.807, 2.05) is 42.2 Å². The Labute approximate surface area is 195 Å². The van der Waals surface area contributed by atoms with Crippen LogP contribution in [0.3, 0.4) is 0 Å². The molecule has 0 unspecified atom stereocenters. The fourth-order valence-corrected chi connectivity index (χ4v) is 3.73. The predicted molar refractivity (Wildman–Crippen MR) is 122 cm³/mol. The minimum Gasteiger partial charge on any atom is -0.405 e. The van der Waals surface area contributed by atoms with Crippen LogP contribution < -0.4 is 15.0 Å². The van der Waals surface area contributed by atoms with Gasteiger partial charge in [0.2, 0.25) is 0 Å². The molecule has 0 radical (unpaired) electrons. The molecule has 2 aromatic carbocycles. The number of piperazine rings is 1. The average molecular weight is 471 g/mol. The molecule has 10 heteroatoms. The molecule has 7 nitrogen and oxygen atoms in total. The highest BCUT2D eigenvalue weighted by Crippen LogP contribution is 2.28. The second-order valence-corrected chi connectivity index (χ2v) is 7.97. The van der Waals surface area contributed by atoms with Gasteiger partial charge in [-0.1, -0.05) is 29.8 Å². The Kier molecular flexibility index (Phi) is 6.58. The maximum Gasteiger partial charge on any atom is 0.573 e. The molecule has 0 spiro atoms. The van der Waals surface area contributed by atoms with Crippen molar-refractivity contribution in [2.45, 2.75) is 20.2 Å². The van der Waals surface area contributed by atoms with Gasteiger partial charge in [0.25, 0.3) is 5.91 Å². The summed E-state index contributed by atoms with van der Waals surface area (Å²) in [5, 5.41) is 3.28. The molecule has 34 heavy (non-hydrogen) atoms. The number of ether oxygens (including phenoxy) is 1. The maximum absolute atomic E-state index is 12.9. The fourth-order valence-electron chi connectivity index (χ4n) is 3.73. The first-order valence-corrected chi connectivity index (χ1v) is 10.8. The van der Waals surface area contributed by atoms with Crippen LogP contribution in [-0.2, 0) is 0 Å². The van der Waals surface area contributed by atoms with Crippen molar-refractivity contribution in [3.05, 3.63) is 71.5 Å². The number of para-hydroxylation sites is 1. The Morgan fingerprint density at radius 1 is 0.971 bits per heavy atom. The summed E-state index contributed by atoms with van der Waals surface area (Å²) in [6.45, 7) is 5.46. The van der Waals surface area contributed by atoms with Crippen molar-refractivity contribution in [1.29, 1.82) is 0 Å². The Bertz CT molecular complexity index is 1160. The van der Waals surface area contributed by atoms with Crippen LogP contribution >= 0.6 is 0 Å². The largest absolute Gasteiger partial charge is 0.573 e. The molecule has 0 atom stereocenters. The number of nitrogens with one attached hydrogen (secondary N) is 1. The molecular weight excluding hydrogens is 447 g/mol. The maximum atomic E-state index is 12.9. The summed E-state index contributed by atoms with van der Waals surface area (Å²) in [7, 11) is 0. The first-order chi connectivity index (χ1) is 16.2. The van der Waals surface area contributed by atoms with E-state index >= 15 is 0 Å². The zero-order chi connectivity index (χ0) is 24.3. The van der Waals surface area contributed by atoms with E-state index in [0.29, 0.717) is 37.8 Å². The topological polar surface area (TPSA) is 70.6 Å². The Morgan fingerprint density at radius 3 is 2.32 bits per heavy atom. The molecule has 1 saturated heterocycles. The van der Waals surface area contributed by atoms with Gasteiger partial charge in [0, 0.05) is 37.9 Å². The van der Waals surface area contributed by atoms with E-state index in [4.69, 9.17) is 0 Å². The molecule has 0 bridgehead atoms. The number of carbonyl (C=O) groups is 1. The predicted octanol–water partition coefficient (Wildman–Crippen LogP) is 4.70. The molecule has 0 aliphatic carbocycles. The van der Waals surface area contributed by atoms with Crippen LogP contribution in [0.2, 0.25) is 0 Å². The first-order valence-electron chi connectivity index (χ1n) is 10.8. The zero-order valence-electron chi connectivity index (χ0n) is 18.8. The van der Waals surface area contributed by atoms with Gasteiger partial charge >= 0.3 is 6.36 Å². The summed E-state index contributed by atoms with van der Waals surface area (Å²) in [6, 6.07) is 15.2. The fraction of sp³-hybridized carbons (Fsp3) is 0.292. The SMILES string of the molecule is Cc1ccc(Nc2cc(N3CCN(C(=O)c4ccccc4OC(F)(F)F)CC3)nc(C)n2)cc1. The molecule has 0 saturated carbocycles. The minimum atomic E-state index is -4.87. The molecule has 4 rings (SSSR count). The lowest BCUT2D eigenvalue weighted by atomic mass is 10.1. The number of aryl methyl sites for hydroxylation is 2. The Balaban J connectivity index is 1.44. The van der Waals surface area contributed by atoms with Gasteiger partial charge in [-0.3, -0.25) is 4.79 Å². The van der Waals surface area contributed by atoms with E-state index in [0.717, 1.165) is 23.1 Å². The van der Waals surface area contributed by atoms with Gasteiger partial charge in [0.1, 0.15) is 23.2 Å². The van der Waals surface area contributed by atoms with E-state index in [1.165, 1.54) is 23.1 Å². The second kappa shape index (κ2) is 9.58. The number of rotatable bonds is 5. The monoisotopic (exact) mass is 471 g/mol. The van der Waals surface area contributed by atoms with Gasteiger partial charge in [0.15, 0.2) is 0 Å². The number of alkyl halides is 3. The van der Waals surface area contributed by atoms with Crippen LogP contribution in [0.5, 0.6) is 5.75 Å². The third-order valence-corrected chi connectivity index (χ3v) is 5.38. The van der Waals surface area contributed by atoms with E-state index in [9.17, 15) is 18.0 Å². The smallest absolute Gasteiger partial charge is 0.405 e. The van der Waals surface area contributed by atoms with Crippen molar-refractivity contribution in [3.63, 3.8) is 0 Å². The number of benzene rings is 2. The van der Waals surface area contributed by atoms with Crippen LogP contribution in [0, 0.1) is 13.8 Å². The van der Waals surface area contributed by atoms with Crippen LogP contribution in [0.4, 0.5) is 30.5 Å². The van der Waals surface area contributed by atoms with Gasteiger partial charge < -0.3 is 19.9 Å². The van der Waals surface area contributed by atoms with Crippen molar-refractivity contribution < 1.29 is 22.7 Å². The van der Waals surface area contributed by atoms with Crippen LogP contribution in [0.25, 0.3) is 0 Å². The Hall–Kier alpha value is -3.82. The number of hydrogen-bond donors (Lipinski definition) is 1. The summed E-state index contributed by atoms with van der Waals surface area (Å²) < 4.78 is 42.2. The van der Waals surface area contributed by atoms with Crippen molar-refractivity contribution in [1.82, 2.24) is 14.9 Å². The molecule has 1 N–H and O–H groups in total. The van der Waals surface area contributed by atoms with Crippen molar-refractivity contribution >= 4 is 23.2 Å². The molecular formula is C24H24F3N5O2. The molecule has 2 heterocycles. The Morgan fingerprint density at radius 2 is 1.65 bits per heavy atom. The van der Waals surface area contributed by atoms with Crippen molar-refractivity contribution in [3.8, 4) is 5.75 Å². The summed E-state index contributed by atoms with van der Waals surface area (Å²) in [6.07, 6.45) is -4.87. The molecule has 1 aliphatic heterocycles. The van der Waals surface area contributed by atoms with Gasteiger partial charge in [0.05, 0.1) is 5.56 Å². The van der Waals surface area contributed by atoms with E-state index in [1.54, 1.807) is 6.92 Å². The number of aromatic nitrogens is 2.